The van der Waals surface area contributed by atoms with Gasteiger partial charge in [-0.15, -0.1) is 0 Å². The molecule has 0 radical (unpaired) electrons. The van der Waals surface area contributed by atoms with Crippen LogP contribution >= 0.6 is 0 Å². The Kier molecular flexibility index (Phi) is 6.76. The second-order valence-corrected chi connectivity index (χ2v) is 7.14. The van der Waals surface area contributed by atoms with Gasteiger partial charge in [-0.2, -0.15) is 0 Å². The van der Waals surface area contributed by atoms with Crippen LogP contribution in [0.4, 0.5) is 0 Å². The molecule has 1 aromatic rings. The summed E-state index contributed by atoms with van der Waals surface area (Å²) >= 11 is 0. The summed E-state index contributed by atoms with van der Waals surface area (Å²) in [5.41, 5.74) is 0. The van der Waals surface area contributed by atoms with Crippen molar-refractivity contribution in [2.75, 3.05) is 32.8 Å². The first-order chi connectivity index (χ1) is 12.2. The Hall–Kier alpha value is -1.53. The molecule has 0 spiro atoms. The van der Waals surface area contributed by atoms with Crippen molar-refractivity contribution in [2.45, 2.75) is 51.2 Å². The summed E-state index contributed by atoms with van der Waals surface area (Å²) in [4.78, 5) is 7.10. The van der Waals surface area contributed by atoms with Gasteiger partial charge in [0.1, 0.15) is 5.76 Å². The summed E-state index contributed by atoms with van der Waals surface area (Å²) in [6.45, 7) is 6.02. The van der Waals surface area contributed by atoms with Gasteiger partial charge < -0.3 is 24.5 Å². The van der Waals surface area contributed by atoms with E-state index in [1.165, 1.54) is 6.42 Å². The summed E-state index contributed by atoms with van der Waals surface area (Å²) < 4.78 is 11.2. The van der Waals surface area contributed by atoms with E-state index < -0.39 is 0 Å². The molecule has 3 atom stereocenters. The van der Waals surface area contributed by atoms with Crippen LogP contribution in [0.2, 0.25) is 0 Å². The maximum Gasteiger partial charge on any atom is 0.194 e. The first-order valence-electron chi connectivity index (χ1n) is 9.57. The van der Waals surface area contributed by atoms with E-state index in [2.05, 4.69) is 10.2 Å². The van der Waals surface area contributed by atoms with E-state index in [0.29, 0.717) is 12.5 Å². The molecule has 6 heteroatoms. The molecule has 3 heterocycles. The number of nitrogens with one attached hydrogen (secondary N) is 1. The lowest BCUT2D eigenvalue weighted by atomic mass is 10.0. The number of guanidine groups is 1. The number of nitrogens with zero attached hydrogens (tertiary/aromatic N) is 2. The van der Waals surface area contributed by atoms with E-state index in [1.807, 2.05) is 19.1 Å². The van der Waals surface area contributed by atoms with Gasteiger partial charge in [0, 0.05) is 38.6 Å². The van der Waals surface area contributed by atoms with Crippen LogP contribution in [0.5, 0.6) is 0 Å². The molecular weight excluding hydrogens is 318 g/mol. The molecule has 0 aliphatic carbocycles. The van der Waals surface area contributed by atoms with Crippen LogP contribution in [0.1, 0.15) is 38.4 Å². The van der Waals surface area contributed by atoms with Crippen molar-refractivity contribution < 1.29 is 14.3 Å². The molecule has 0 saturated carbocycles. The van der Waals surface area contributed by atoms with Gasteiger partial charge in [0.15, 0.2) is 5.96 Å². The lowest BCUT2D eigenvalue weighted by Gasteiger charge is -2.25. The van der Waals surface area contributed by atoms with E-state index in [1.54, 1.807) is 6.26 Å². The predicted molar refractivity (Wildman–Crippen MR) is 97.7 cm³/mol. The molecule has 25 heavy (non-hydrogen) atoms. The van der Waals surface area contributed by atoms with Crippen molar-refractivity contribution in [3.05, 3.63) is 24.2 Å². The Morgan fingerprint density at radius 2 is 2.36 bits per heavy atom. The fraction of sp³-hybridized carbons (Fsp3) is 0.737. The first-order valence-corrected chi connectivity index (χ1v) is 9.57. The van der Waals surface area contributed by atoms with Crippen LogP contribution < -0.4 is 5.32 Å². The molecule has 6 nitrogen and oxygen atoms in total. The average molecular weight is 349 g/mol. The third-order valence-corrected chi connectivity index (χ3v) is 5.16. The molecule has 0 amide bonds. The summed E-state index contributed by atoms with van der Waals surface area (Å²) in [5, 5.41) is 13.3. The zero-order valence-corrected chi connectivity index (χ0v) is 15.2. The molecule has 2 fully saturated rings. The van der Waals surface area contributed by atoms with E-state index in [4.69, 9.17) is 14.1 Å². The minimum absolute atomic E-state index is 0.241. The number of furan rings is 1. The fourth-order valence-corrected chi connectivity index (χ4v) is 3.53. The van der Waals surface area contributed by atoms with Gasteiger partial charge in [0.25, 0.3) is 0 Å². The molecule has 0 bridgehead atoms. The monoisotopic (exact) mass is 349 g/mol. The van der Waals surface area contributed by atoms with E-state index in [-0.39, 0.29) is 12.2 Å². The topological polar surface area (TPSA) is 70.2 Å². The van der Waals surface area contributed by atoms with Gasteiger partial charge in [0.05, 0.1) is 25.0 Å². The number of likely N-dealkylation sites (tertiary alicyclic amines) is 1. The third kappa shape index (κ3) is 5.47. The van der Waals surface area contributed by atoms with Crippen molar-refractivity contribution >= 4 is 5.96 Å². The van der Waals surface area contributed by atoms with E-state index in [0.717, 1.165) is 63.6 Å². The summed E-state index contributed by atoms with van der Waals surface area (Å²) in [5.74, 6) is 2.23. The predicted octanol–water partition coefficient (Wildman–Crippen LogP) is 2.04. The van der Waals surface area contributed by atoms with E-state index in [9.17, 15) is 5.11 Å². The molecule has 1 aromatic heterocycles. The van der Waals surface area contributed by atoms with Crippen LogP contribution in [-0.4, -0.2) is 61.0 Å². The highest BCUT2D eigenvalue weighted by Crippen LogP contribution is 2.20. The summed E-state index contributed by atoms with van der Waals surface area (Å²) in [7, 11) is 0. The van der Waals surface area contributed by atoms with Crippen LogP contribution in [0, 0.1) is 5.92 Å². The highest BCUT2D eigenvalue weighted by molar-refractivity contribution is 5.80. The largest absolute Gasteiger partial charge is 0.469 e. The second-order valence-electron chi connectivity index (χ2n) is 7.14. The Labute approximate surface area is 150 Å². The standard InChI is InChI=1S/C19H31N3O3/c1-15(23)16-8-10-22(14-16)19(20-9-7-17-6-4-12-24-17)21-13-18-5-2-3-11-25-18/h4,6,12,15-16,18,23H,2-3,5,7-11,13-14H2,1H3,(H,20,21). The maximum absolute atomic E-state index is 9.87. The van der Waals surface area contributed by atoms with Crippen molar-refractivity contribution in [2.24, 2.45) is 10.9 Å². The lowest BCUT2D eigenvalue weighted by molar-refractivity contribution is 0.0223. The van der Waals surface area contributed by atoms with Gasteiger partial charge >= 0.3 is 0 Å². The number of aliphatic hydroxyl groups is 1. The molecule has 2 saturated heterocycles. The molecular formula is C19H31N3O3. The van der Waals surface area contributed by atoms with Gasteiger partial charge in [0.2, 0.25) is 0 Å². The Balaban J connectivity index is 1.56. The Morgan fingerprint density at radius 3 is 3.04 bits per heavy atom. The van der Waals surface area contributed by atoms with Crippen LogP contribution in [-0.2, 0) is 11.2 Å². The first kappa shape index (κ1) is 18.3. The normalized spacial score (nSPS) is 26.0. The SMILES string of the molecule is CC(O)C1CCN(C(=NCC2CCCCO2)NCCc2ccco2)C1. The summed E-state index contributed by atoms with van der Waals surface area (Å²) in [6, 6.07) is 3.91. The zero-order chi connectivity index (χ0) is 17.5. The quantitative estimate of drug-likeness (QED) is 0.607. The molecule has 3 rings (SSSR count). The Bertz CT molecular complexity index is 524. The number of ether oxygens (including phenoxy) is 1. The van der Waals surface area contributed by atoms with Gasteiger partial charge in [-0.3, -0.25) is 4.99 Å². The average Bonchev–Trinajstić information content (AvgIpc) is 3.30. The van der Waals surface area contributed by atoms with Gasteiger partial charge in [-0.05, 0) is 44.7 Å². The number of aliphatic imine (C=N–C) groups is 1. The molecule has 2 N–H and O–H groups in total. The molecule has 0 aromatic carbocycles. The minimum atomic E-state index is -0.268. The van der Waals surface area contributed by atoms with Crippen molar-refractivity contribution in [1.82, 2.24) is 10.2 Å². The minimum Gasteiger partial charge on any atom is -0.469 e. The Morgan fingerprint density at radius 1 is 1.44 bits per heavy atom. The van der Waals surface area contributed by atoms with Crippen LogP contribution in [0.15, 0.2) is 27.8 Å². The highest BCUT2D eigenvalue weighted by Gasteiger charge is 2.28. The zero-order valence-electron chi connectivity index (χ0n) is 15.2. The third-order valence-electron chi connectivity index (χ3n) is 5.16. The molecule has 2 aliphatic rings. The highest BCUT2D eigenvalue weighted by atomic mass is 16.5. The van der Waals surface area contributed by atoms with Crippen molar-refractivity contribution in [1.29, 1.82) is 0 Å². The smallest absolute Gasteiger partial charge is 0.194 e. The van der Waals surface area contributed by atoms with Crippen LogP contribution in [0.25, 0.3) is 0 Å². The summed E-state index contributed by atoms with van der Waals surface area (Å²) in [6.07, 6.45) is 7.02. The van der Waals surface area contributed by atoms with E-state index >= 15 is 0 Å². The maximum atomic E-state index is 9.87. The lowest BCUT2D eigenvalue weighted by Crippen LogP contribution is -2.42. The second kappa shape index (κ2) is 9.25. The number of hydrogen-bond acceptors (Lipinski definition) is 4. The van der Waals surface area contributed by atoms with Gasteiger partial charge in [-0.25, -0.2) is 0 Å². The number of hydrogen-bond donors (Lipinski definition) is 2. The van der Waals surface area contributed by atoms with Crippen LogP contribution in [0.3, 0.4) is 0 Å². The molecule has 3 unspecified atom stereocenters. The van der Waals surface area contributed by atoms with Crippen molar-refractivity contribution in [3.63, 3.8) is 0 Å². The van der Waals surface area contributed by atoms with Gasteiger partial charge in [-0.1, -0.05) is 0 Å². The fourth-order valence-electron chi connectivity index (χ4n) is 3.53. The molecule has 140 valence electrons. The number of rotatable bonds is 6. The van der Waals surface area contributed by atoms with Crippen molar-refractivity contribution in [3.8, 4) is 0 Å². The number of aliphatic hydroxyl groups excluding tert-OH is 1. The molecule has 2 aliphatic heterocycles.